The number of unbranched alkanes of at least 4 members (excludes halogenated alkanes) is 9. The van der Waals surface area contributed by atoms with Crippen molar-refractivity contribution < 1.29 is 17.2 Å². The summed E-state index contributed by atoms with van der Waals surface area (Å²) in [6.07, 6.45) is 11.9. The molecule has 0 rings (SSSR count). The molecule has 0 amide bonds. The van der Waals surface area contributed by atoms with Crippen LogP contribution in [-0.4, -0.2) is 36.9 Å². The lowest BCUT2D eigenvalue weighted by atomic mass is 10.1. The first-order chi connectivity index (χ1) is 8.06. The van der Waals surface area contributed by atoms with Crippen molar-refractivity contribution >= 4 is 27.8 Å². The molecule has 0 unspecified atom stereocenters. The van der Waals surface area contributed by atoms with Gasteiger partial charge in [0.15, 0.2) is 17.4 Å². The average molecular weight is 296 g/mol. The van der Waals surface area contributed by atoms with E-state index in [0.717, 1.165) is 12.8 Å². The highest BCUT2D eigenvalue weighted by molar-refractivity contribution is 7.80. The molecule has 6 heteroatoms. The van der Waals surface area contributed by atoms with Crippen LogP contribution in [-0.2, 0) is 14.6 Å². The van der Waals surface area contributed by atoms with Crippen molar-refractivity contribution in [2.24, 2.45) is 0 Å². The predicted octanol–water partition coefficient (Wildman–Crippen LogP) is 2.54. The largest absolute Gasteiger partial charge is 0.397 e. The van der Waals surface area contributed by atoms with Gasteiger partial charge < -0.3 is 0 Å². The zero-order valence-corrected chi connectivity index (χ0v) is 11.7. The highest BCUT2D eigenvalue weighted by Gasteiger charge is 2.02. The van der Waals surface area contributed by atoms with E-state index in [1.807, 2.05) is 0 Å². The first-order valence-electron chi connectivity index (χ1n) is 6.68. The van der Waals surface area contributed by atoms with Gasteiger partial charge in [-0.1, -0.05) is 64.7 Å². The van der Waals surface area contributed by atoms with E-state index in [2.05, 4.69) is 11.1 Å². The summed E-state index contributed by atoms with van der Waals surface area (Å²) >= 11 is 0. The minimum atomic E-state index is -4.23. The van der Waals surface area contributed by atoms with Gasteiger partial charge in [0.05, 0.1) is 6.61 Å². The van der Waals surface area contributed by atoms with Gasteiger partial charge in [-0.05, 0) is 6.42 Å². The Labute approximate surface area is 123 Å². The second-order valence-corrected chi connectivity index (χ2v) is 5.52. The van der Waals surface area contributed by atoms with Crippen LogP contribution in [0.2, 0.25) is 0 Å². The van der Waals surface area contributed by atoms with E-state index in [9.17, 15) is 8.42 Å². The van der Waals surface area contributed by atoms with Gasteiger partial charge in [0, 0.05) is 0 Å². The maximum atomic E-state index is 10.2. The van der Waals surface area contributed by atoms with Crippen molar-refractivity contribution in [3.8, 4) is 0 Å². The Hall–Kier alpha value is 0.402. The third-order valence-corrected chi connectivity index (χ3v) is 3.19. The molecule has 1 N–H and O–H groups in total. The monoisotopic (exact) mass is 296 g/mol. The molecule has 0 aromatic carbocycles. The molecular weight excluding hydrogens is 267 g/mol. The van der Waals surface area contributed by atoms with Gasteiger partial charge in [-0.2, -0.15) is 8.42 Å². The normalized spacial score (nSPS) is 11.2. The summed E-state index contributed by atoms with van der Waals surface area (Å²) in [6, 6.07) is 0. The minimum absolute atomic E-state index is 0. The van der Waals surface area contributed by atoms with Gasteiger partial charge >= 0.3 is 10.4 Å². The van der Waals surface area contributed by atoms with Crippen molar-refractivity contribution in [2.75, 3.05) is 6.61 Å². The lowest BCUT2D eigenvalue weighted by Gasteiger charge is -2.02. The van der Waals surface area contributed by atoms with Crippen molar-refractivity contribution in [2.45, 2.75) is 71.1 Å². The van der Waals surface area contributed by atoms with E-state index in [1.165, 1.54) is 44.9 Å². The maximum Gasteiger partial charge on any atom is 0.397 e. The van der Waals surface area contributed by atoms with E-state index in [-0.39, 0.29) is 24.0 Å². The Morgan fingerprint density at radius 3 is 1.61 bits per heavy atom. The molecule has 0 bridgehead atoms. The van der Waals surface area contributed by atoms with E-state index in [4.69, 9.17) is 4.55 Å². The van der Waals surface area contributed by atoms with Crippen molar-refractivity contribution in [3.63, 3.8) is 0 Å². The maximum absolute atomic E-state index is 10.2. The molecule has 0 aromatic rings. The smallest absolute Gasteiger partial charge is 0.264 e. The molecule has 0 spiro atoms. The Morgan fingerprint density at radius 2 is 1.22 bits per heavy atom. The molecule has 0 aliphatic rings. The number of hydrogen-bond donors (Lipinski definition) is 1. The second kappa shape index (κ2) is 13.8. The summed E-state index contributed by atoms with van der Waals surface area (Å²) < 4.78 is 33.0. The van der Waals surface area contributed by atoms with Crippen LogP contribution in [0.5, 0.6) is 0 Å². The summed E-state index contributed by atoms with van der Waals surface area (Å²) in [5.74, 6) is 0. The average Bonchev–Trinajstić information content (AvgIpc) is 2.24. The lowest BCUT2D eigenvalue weighted by molar-refractivity contribution is 0.261. The van der Waals surface area contributed by atoms with E-state index < -0.39 is 10.4 Å². The second-order valence-electron chi connectivity index (χ2n) is 4.43. The zero-order chi connectivity index (χ0) is 13.0. The summed E-state index contributed by atoms with van der Waals surface area (Å²) in [5.41, 5.74) is 0. The Bertz CT molecular complexity index is 255. The molecule has 0 aliphatic heterocycles. The molecule has 0 fully saturated rings. The standard InChI is InChI=1S/C12H26O4S.Al.3H/c1-2-3-4-5-6-7-8-9-10-11-12-16-17(13,14)15;;;;/h2-12H2,1H3,(H,13,14,15);;;;. The van der Waals surface area contributed by atoms with Gasteiger partial charge in [-0.3, -0.25) is 4.55 Å². The van der Waals surface area contributed by atoms with Gasteiger partial charge in [-0.15, -0.1) is 0 Å². The summed E-state index contributed by atoms with van der Waals surface area (Å²) in [4.78, 5) is 0. The van der Waals surface area contributed by atoms with E-state index in [1.54, 1.807) is 0 Å². The summed E-state index contributed by atoms with van der Waals surface area (Å²) in [5, 5.41) is 0. The molecular formula is C12H29AlO4S. The van der Waals surface area contributed by atoms with Gasteiger partial charge in [-0.25, -0.2) is 4.18 Å². The Balaban J connectivity index is 0. The van der Waals surface area contributed by atoms with Crippen molar-refractivity contribution in [1.29, 1.82) is 0 Å². The van der Waals surface area contributed by atoms with Crippen LogP contribution in [0.25, 0.3) is 0 Å². The van der Waals surface area contributed by atoms with Crippen molar-refractivity contribution in [1.82, 2.24) is 0 Å². The van der Waals surface area contributed by atoms with Crippen LogP contribution in [0.4, 0.5) is 0 Å². The van der Waals surface area contributed by atoms with Crippen LogP contribution >= 0.6 is 0 Å². The number of rotatable bonds is 12. The minimum Gasteiger partial charge on any atom is -0.264 e. The fourth-order valence-corrected chi connectivity index (χ4v) is 2.08. The zero-order valence-electron chi connectivity index (χ0n) is 10.9. The summed E-state index contributed by atoms with van der Waals surface area (Å²) in [7, 11) is -4.23. The lowest BCUT2D eigenvalue weighted by Crippen LogP contribution is -2.04. The number of hydrogen-bond acceptors (Lipinski definition) is 3. The molecule has 0 saturated heterocycles. The first-order valence-corrected chi connectivity index (χ1v) is 8.04. The highest BCUT2D eigenvalue weighted by Crippen LogP contribution is 2.10. The van der Waals surface area contributed by atoms with Crippen LogP contribution in [0, 0.1) is 0 Å². The van der Waals surface area contributed by atoms with Crippen LogP contribution in [0.1, 0.15) is 71.1 Å². The summed E-state index contributed by atoms with van der Waals surface area (Å²) in [6.45, 7) is 2.31. The molecule has 0 saturated carbocycles. The quantitative estimate of drug-likeness (QED) is 0.341. The van der Waals surface area contributed by atoms with Gasteiger partial charge in [0.1, 0.15) is 0 Å². The molecule has 0 aromatic heterocycles. The molecule has 0 atom stereocenters. The SMILES string of the molecule is CCCCCCCCCCCCOS(=O)(=O)O.[AlH3]. The van der Waals surface area contributed by atoms with Crippen LogP contribution in [0.15, 0.2) is 0 Å². The van der Waals surface area contributed by atoms with Crippen LogP contribution in [0.3, 0.4) is 0 Å². The Kier molecular flexibility index (Phi) is 15.9. The Morgan fingerprint density at radius 1 is 0.833 bits per heavy atom. The fourth-order valence-electron chi connectivity index (χ4n) is 1.75. The third kappa shape index (κ3) is 18.8. The van der Waals surface area contributed by atoms with Gasteiger partial charge in [0.25, 0.3) is 0 Å². The van der Waals surface area contributed by atoms with Crippen molar-refractivity contribution in [3.05, 3.63) is 0 Å². The molecule has 0 radical (unpaired) electrons. The predicted molar refractivity (Wildman–Crippen MR) is 79.3 cm³/mol. The molecule has 18 heavy (non-hydrogen) atoms. The molecule has 110 valence electrons. The van der Waals surface area contributed by atoms with E-state index in [0.29, 0.717) is 6.42 Å². The first kappa shape index (κ1) is 20.7. The highest BCUT2D eigenvalue weighted by atomic mass is 32.3. The molecule has 0 aliphatic carbocycles. The molecule has 4 nitrogen and oxygen atoms in total. The van der Waals surface area contributed by atoms with Crippen LogP contribution < -0.4 is 0 Å². The van der Waals surface area contributed by atoms with Gasteiger partial charge in [0.2, 0.25) is 0 Å². The molecule has 0 heterocycles. The topological polar surface area (TPSA) is 63.6 Å². The van der Waals surface area contributed by atoms with E-state index >= 15 is 0 Å². The third-order valence-electron chi connectivity index (χ3n) is 2.73. The fraction of sp³-hybridized carbons (Fsp3) is 1.00.